The summed E-state index contributed by atoms with van der Waals surface area (Å²) in [6.07, 6.45) is 0. The molecule has 27 heavy (non-hydrogen) atoms. The van der Waals surface area contributed by atoms with E-state index in [0.717, 1.165) is 28.8 Å². The Morgan fingerprint density at radius 3 is 2.59 bits per heavy atom. The molecule has 136 valence electrons. The molecule has 0 atom stereocenters. The van der Waals surface area contributed by atoms with Gasteiger partial charge in [0, 0.05) is 26.9 Å². The van der Waals surface area contributed by atoms with Crippen molar-refractivity contribution < 1.29 is 0 Å². The number of hydrogen-bond acceptors (Lipinski definition) is 5. The van der Waals surface area contributed by atoms with Crippen molar-refractivity contribution in [3.8, 4) is 0 Å². The molecular formula is C20H16Cl2N4S. The first-order valence-corrected chi connectivity index (χ1v) is 10.0. The van der Waals surface area contributed by atoms with Crippen molar-refractivity contribution >= 4 is 57.2 Å². The van der Waals surface area contributed by atoms with Gasteiger partial charge in [0.05, 0.1) is 12.1 Å². The minimum Gasteiger partial charge on any atom is -0.364 e. The number of benzene rings is 2. The Balaban J connectivity index is 1.58. The standard InChI is InChI=1S/C20H16Cl2N4S/c21-14-8-7-13(17(22)10-14)11-24-20-25-18-6-2-1-5-16(18)19(26-20)23-12-15-4-3-9-27-15/h1-10H,11-12H2,(H2,23,24,25,26). The molecule has 2 heterocycles. The predicted octanol–water partition coefficient (Wildman–Crippen LogP) is 6.22. The van der Waals surface area contributed by atoms with Gasteiger partial charge in [-0.2, -0.15) is 4.98 Å². The maximum absolute atomic E-state index is 6.25. The van der Waals surface area contributed by atoms with E-state index in [1.54, 1.807) is 17.4 Å². The number of rotatable bonds is 6. The number of halogens is 2. The summed E-state index contributed by atoms with van der Waals surface area (Å²) >= 11 is 13.9. The summed E-state index contributed by atoms with van der Waals surface area (Å²) in [4.78, 5) is 10.5. The summed E-state index contributed by atoms with van der Waals surface area (Å²) in [5.41, 5.74) is 1.82. The Morgan fingerprint density at radius 2 is 1.78 bits per heavy atom. The molecule has 0 unspecified atom stereocenters. The third-order valence-electron chi connectivity index (χ3n) is 4.07. The summed E-state index contributed by atoms with van der Waals surface area (Å²) < 4.78 is 0. The van der Waals surface area contributed by atoms with Crippen molar-refractivity contribution in [1.82, 2.24) is 9.97 Å². The number of thiophene rings is 1. The van der Waals surface area contributed by atoms with Gasteiger partial charge in [0.25, 0.3) is 0 Å². The van der Waals surface area contributed by atoms with Crippen LogP contribution in [0, 0.1) is 0 Å². The Labute approximate surface area is 171 Å². The van der Waals surface area contributed by atoms with E-state index in [1.807, 2.05) is 42.5 Å². The summed E-state index contributed by atoms with van der Waals surface area (Å²) in [5.74, 6) is 1.35. The lowest BCUT2D eigenvalue weighted by Gasteiger charge is -2.12. The zero-order chi connectivity index (χ0) is 18.6. The normalized spacial score (nSPS) is 10.9. The first kappa shape index (κ1) is 18.0. The molecule has 0 bridgehead atoms. The van der Waals surface area contributed by atoms with Gasteiger partial charge in [-0.15, -0.1) is 11.3 Å². The Kier molecular flexibility index (Phi) is 5.43. The SMILES string of the molecule is Clc1ccc(CNc2nc(NCc3cccs3)c3ccccc3n2)c(Cl)c1. The monoisotopic (exact) mass is 414 g/mol. The minimum atomic E-state index is 0.513. The number of hydrogen-bond donors (Lipinski definition) is 2. The smallest absolute Gasteiger partial charge is 0.225 e. The second-order valence-electron chi connectivity index (χ2n) is 5.94. The van der Waals surface area contributed by atoms with Gasteiger partial charge in [-0.05, 0) is 41.3 Å². The molecule has 0 amide bonds. The van der Waals surface area contributed by atoms with Gasteiger partial charge in [-0.25, -0.2) is 4.98 Å². The molecule has 0 saturated carbocycles. The first-order valence-electron chi connectivity index (χ1n) is 8.40. The third kappa shape index (κ3) is 4.33. The first-order chi connectivity index (χ1) is 13.2. The molecule has 0 aliphatic heterocycles. The van der Waals surface area contributed by atoms with Crippen molar-refractivity contribution in [3.05, 3.63) is 80.5 Å². The van der Waals surface area contributed by atoms with Crippen LogP contribution in [-0.4, -0.2) is 9.97 Å². The quantitative estimate of drug-likeness (QED) is 0.392. The highest BCUT2D eigenvalue weighted by Gasteiger charge is 2.09. The Bertz CT molecular complexity index is 1070. The summed E-state index contributed by atoms with van der Waals surface area (Å²) in [5, 5.41) is 11.0. The highest BCUT2D eigenvalue weighted by molar-refractivity contribution is 7.09. The number of anilines is 2. The van der Waals surface area contributed by atoms with Crippen molar-refractivity contribution in [2.24, 2.45) is 0 Å². The zero-order valence-corrected chi connectivity index (χ0v) is 16.6. The number of aromatic nitrogens is 2. The second-order valence-corrected chi connectivity index (χ2v) is 7.81. The molecule has 2 aromatic carbocycles. The van der Waals surface area contributed by atoms with Crippen LogP contribution in [0.4, 0.5) is 11.8 Å². The molecule has 4 nitrogen and oxygen atoms in total. The highest BCUT2D eigenvalue weighted by atomic mass is 35.5. The van der Waals surface area contributed by atoms with Crippen LogP contribution in [0.2, 0.25) is 10.0 Å². The predicted molar refractivity (Wildman–Crippen MR) is 115 cm³/mol. The van der Waals surface area contributed by atoms with Gasteiger partial charge in [0.1, 0.15) is 5.82 Å². The van der Waals surface area contributed by atoms with E-state index >= 15 is 0 Å². The van der Waals surface area contributed by atoms with Crippen molar-refractivity contribution in [2.75, 3.05) is 10.6 Å². The van der Waals surface area contributed by atoms with E-state index < -0.39 is 0 Å². The van der Waals surface area contributed by atoms with E-state index in [1.165, 1.54) is 4.88 Å². The van der Waals surface area contributed by atoms with Gasteiger partial charge < -0.3 is 10.6 Å². The molecule has 0 spiro atoms. The number of nitrogens with one attached hydrogen (secondary N) is 2. The van der Waals surface area contributed by atoms with Crippen LogP contribution in [0.1, 0.15) is 10.4 Å². The van der Waals surface area contributed by atoms with Crippen LogP contribution in [0.3, 0.4) is 0 Å². The topological polar surface area (TPSA) is 49.8 Å². The van der Waals surface area contributed by atoms with Crippen LogP contribution >= 0.6 is 34.5 Å². The highest BCUT2D eigenvalue weighted by Crippen LogP contribution is 2.25. The maximum Gasteiger partial charge on any atom is 0.225 e. The molecule has 4 rings (SSSR count). The zero-order valence-electron chi connectivity index (χ0n) is 14.2. The van der Waals surface area contributed by atoms with E-state index in [-0.39, 0.29) is 0 Å². The van der Waals surface area contributed by atoms with Gasteiger partial charge in [0.15, 0.2) is 0 Å². The minimum absolute atomic E-state index is 0.513. The van der Waals surface area contributed by atoms with Crippen molar-refractivity contribution in [1.29, 1.82) is 0 Å². The lowest BCUT2D eigenvalue weighted by Crippen LogP contribution is -2.08. The molecule has 0 saturated heterocycles. The van der Waals surface area contributed by atoms with Gasteiger partial charge in [0.2, 0.25) is 5.95 Å². The molecule has 2 N–H and O–H groups in total. The van der Waals surface area contributed by atoms with Crippen LogP contribution in [0.25, 0.3) is 10.9 Å². The third-order valence-corrected chi connectivity index (χ3v) is 5.53. The van der Waals surface area contributed by atoms with Gasteiger partial charge >= 0.3 is 0 Å². The summed E-state index contributed by atoms with van der Waals surface area (Å²) in [7, 11) is 0. The van der Waals surface area contributed by atoms with E-state index in [4.69, 9.17) is 23.2 Å². The fraction of sp³-hybridized carbons (Fsp3) is 0.100. The lowest BCUT2D eigenvalue weighted by molar-refractivity contribution is 1.06. The van der Waals surface area contributed by atoms with Gasteiger partial charge in [-0.3, -0.25) is 0 Å². The largest absolute Gasteiger partial charge is 0.364 e. The van der Waals surface area contributed by atoms with Crippen LogP contribution in [0.15, 0.2) is 60.0 Å². The van der Waals surface area contributed by atoms with Crippen LogP contribution in [-0.2, 0) is 13.1 Å². The van der Waals surface area contributed by atoms with E-state index in [2.05, 4.69) is 32.0 Å². The number of fused-ring (bicyclic) bond motifs is 1. The van der Waals surface area contributed by atoms with E-state index in [9.17, 15) is 0 Å². The molecule has 2 aromatic heterocycles. The second kappa shape index (κ2) is 8.13. The number of nitrogens with zero attached hydrogens (tertiary/aromatic N) is 2. The average molecular weight is 415 g/mol. The van der Waals surface area contributed by atoms with Crippen molar-refractivity contribution in [3.63, 3.8) is 0 Å². The number of para-hydroxylation sites is 1. The van der Waals surface area contributed by atoms with E-state index in [0.29, 0.717) is 22.5 Å². The van der Waals surface area contributed by atoms with Gasteiger partial charge in [-0.1, -0.05) is 47.5 Å². The average Bonchev–Trinajstić information content (AvgIpc) is 3.19. The Morgan fingerprint density at radius 1 is 0.889 bits per heavy atom. The molecule has 0 fully saturated rings. The Hall–Kier alpha value is -2.34. The summed E-state index contributed by atoms with van der Waals surface area (Å²) in [6, 6.07) is 17.6. The molecule has 4 aromatic rings. The fourth-order valence-electron chi connectivity index (χ4n) is 2.71. The summed E-state index contributed by atoms with van der Waals surface area (Å²) in [6.45, 7) is 1.24. The maximum atomic E-state index is 6.25. The fourth-order valence-corrected chi connectivity index (χ4v) is 3.83. The molecule has 0 aliphatic carbocycles. The molecule has 7 heteroatoms. The van der Waals surface area contributed by atoms with Crippen LogP contribution in [0.5, 0.6) is 0 Å². The molecule has 0 aliphatic rings. The molecule has 0 radical (unpaired) electrons. The van der Waals surface area contributed by atoms with Crippen LogP contribution < -0.4 is 10.6 Å². The lowest BCUT2D eigenvalue weighted by atomic mass is 10.2. The van der Waals surface area contributed by atoms with Crippen molar-refractivity contribution in [2.45, 2.75) is 13.1 Å². The molecular weight excluding hydrogens is 399 g/mol.